The fourth-order valence-electron chi connectivity index (χ4n) is 3.49. The largest absolute Gasteiger partial charge is 0.462 e. The number of ether oxygens (including phenoxy) is 2. The Morgan fingerprint density at radius 3 is 2.59 bits per heavy atom. The molecule has 0 unspecified atom stereocenters. The number of fused-ring (bicyclic) bond motifs is 2. The van der Waals surface area contributed by atoms with Crippen LogP contribution >= 0.6 is 11.3 Å². The number of nitrogens with two attached hydrogens (primary N) is 1. The second-order valence-electron chi connectivity index (χ2n) is 7.03. The summed E-state index contributed by atoms with van der Waals surface area (Å²) >= 11 is 1.14. The molecule has 0 atom stereocenters. The van der Waals surface area contributed by atoms with Gasteiger partial charge in [0, 0.05) is 16.8 Å². The van der Waals surface area contributed by atoms with Gasteiger partial charge in [0.2, 0.25) is 0 Å². The van der Waals surface area contributed by atoms with Gasteiger partial charge in [0.15, 0.2) is 12.4 Å². The Labute approximate surface area is 187 Å². The summed E-state index contributed by atoms with van der Waals surface area (Å²) in [6.07, 6.45) is 0. The van der Waals surface area contributed by atoms with Crippen molar-refractivity contribution in [1.29, 1.82) is 0 Å². The molecule has 3 heterocycles. The predicted molar refractivity (Wildman–Crippen MR) is 119 cm³/mol. The fourth-order valence-corrected chi connectivity index (χ4v) is 4.59. The van der Waals surface area contributed by atoms with E-state index in [1.54, 1.807) is 38.1 Å². The van der Waals surface area contributed by atoms with Crippen LogP contribution in [0.2, 0.25) is 0 Å². The van der Waals surface area contributed by atoms with Crippen LogP contribution in [0.5, 0.6) is 0 Å². The molecule has 10 heteroatoms. The molecule has 0 saturated carbocycles. The summed E-state index contributed by atoms with van der Waals surface area (Å²) in [4.78, 5) is 47.8. The Balaban J connectivity index is 1.46. The normalized spacial score (nSPS) is 12.9. The van der Waals surface area contributed by atoms with Crippen molar-refractivity contribution >= 4 is 50.9 Å². The van der Waals surface area contributed by atoms with Crippen molar-refractivity contribution < 1.29 is 23.9 Å². The summed E-state index contributed by atoms with van der Waals surface area (Å²) in [5, 5.41) is 0.574. The number of anilines is 1. The van der Waals surface area contributed by atoms with Crippen LogP contribution < -0.4 is 5.73 Å². The van der Waals surface area contributed by atoms with E-state index in [1.807, 2.05) is 0 Å². The highest BCUT2D eigenvalue weighted by Gasteiger charge is 2.32. The van der Waals surface area contributed by atoms with Gasteiger partial charge in [0.1, 0.15) is 22.1 Å². The maximum Gasteiger partial charge on any atom is 0.348 e. The van der Waals surface area contributed by atoms with E-state index in [2.05, 4.69) is 16.5 Å². The van der Waals surface area contributed by atoms with Gasteiger partial charge in [0.05, 0.1) is 12.0 Å². The van der Waals surface area contributed by atoms with E-state index in [-0.39, 0.29) is 37.3 Å². The van der Waals surface area contributed by atoms with Gasteiger partial charge in [0.25, 0.3) is 5.91 Å². The smallest absolute Gasteiger partial charge is 0.348 e. The topological polar surface area (TPSA) is 125 Å². The molecule has 2 N–H and O–H groups in total. The number of thiophene rings is 1. The standard InChI is InChI=1S/C22H20N4O5S/c1-4-30-22(29)18-11(2)17-19(23)24-15(25-20(17)32-18)10-31-16(27)9-26-12(3)13-7-5-6-8-14(13)21(26)28/h5-8H,3-4,9-10H2,1-2H3,(H2,23,24,25). The van der Waals surface area contributed by atoms with Gasteiger partial charge >= 0.3 is 11.9 Å². The predicted octanol–water partition coefficient (Wildman–Crippen LogP) is 2.93. The first-order chi connectivity index (χ1) is 15.3. The van der Waals surface area contributed by atoms with Crippen LogP contribution in [0.15, 0.2) is 30.8 Å². The summed E-state index contributed by atoms with van der Waals surface area (Å²) in [7, 11) is 0. The minimum Gasteiger partial charge on any atom is -0.462 e. The van der Waals surface area contributed by atoms with E-state index in [1.165, 1.54) is 4.90 Å². The van der Waals surface area contributed by atoms with Gasteiger partial charge < -0.3 is 15.2 Å². The molecule has 164 valence electrons. The van der Waals surface area contributed by atoms with E-state index in [0.717, 1.165) is 11.3 Å². The van der Waals surface area contributed by atoms with Crippen molar-refractivity contribution in [3.63, 3.8) is 0 Å². The third kappa shape index (κ3) is 3.69. The molecular weight excluding hydrogens is 432 g/mol. The number of hydrogen-bond acceptors (Lipinski definition) is 9. The minimum atomic E-state index is -0.635. The molecule has 0 fully saturated rings. The number of aryl methyl sites for hydroxylation is 1. The molecule has 1 aliphatic rings. The maximum absolute atomic E-state index is 12.5. The number of carbonyl (C=O) groups is 3. The highest BCUT2D eigenvalue weighted by atomic mass is 32.1. The van der Waals surface area contributed by atoms with Gasteiger partial charge in [-0.25, -0.2) is 14.8 Å². The molecular formula is C22H20N4O5S. The molecule has 32 heavy (non-hydrogen) atoms. The molecule has 0 bridgehead atoms. The number of benzene rings is 1. The molecule has 0 radical (unpaired) electrons. The third-order valence-electron chi connectivity index (χ3n) is 5.01. The zero-order chi connectivity index (χ0) is 23.0. The van der Waals surface area contributed by atoms with Crippen LogP contribution in [0.3, 0.4) is 0 Å². The van der Waals surface area contributed by atoms with Crippen molar-refractivity contribution in [3.8, 4) is 0 Å². The van der Waals surface area contributed by atoms with E-state index in [0.29, 0.717) is 37.5 Å². The van der Waals surface area contributed by atoms with Crippen LogP contribution in [0.25, 0.3) is 15.9 Å². The van der Waals surface area contributed by atoms with Crippen LogP contribution in [-0.4, -0.2) is 45.9 Å². The molecule has 0 saturated heterocycles. The lowest BCUT2D eigenvalue weighted by atomic mass is 10.1. The average molecular weight is 452 g/mol. The lowest BCUT2D eigenvalue weighted by Gasteiger charge is -2.16. The second kappa shape index (κ2) is 8.39. The lowest BCUT2D eigenvalue weighted by molar-refractivity contribution is -0.145. The number of hydrogen-bond donors (Lipinski definition) is 1. The number of rotatable bonds is 6. The van der Waals surface area contributed by atoms with Crippen molar-refractivity contribution in [2.75, 3.05) is 18.9 Å². The minimum absolute atomic E-state index is 0.184. The summed E-state index contributed by atoms with van der Waals surface area (Å²) in [5.74, 6) is -1.01. The van der Waals surface area contributed by atoms with Crippen LogP contribution in [0.4, 0.5) is 5.82 Å². The molecule has 2 aromatic heterocycles. The molecule has 9 nitrogen and oxygen atoms in total. The van der Waals surface area contributed by atoms with Crippen molar-refractivity contribution in [1.82, 2.24) is 14.9 Å². The Hall–Kier alpha value is -3.79. The Bertz CT molecular complexity index is 1250. The van der Waals surface area contributed by atoms with Crippen LogP contribution in [-0.2, 0) is 20.9 Å². The number of esters is 2. The fraction of sp³-hybridized carbons (Fsp3) is 0.227. The van der Waals surface area contributed by atoms with Gasteiger partial charge in [-0.3, -0.25) is 14.5 Å². The Kier molecular flexibility index (Phi) is 5.62. The van der Waals surface area contributed by atoms with E-state index >= 15 is 0 Å². The number of nitrogens with zero attached hydrogens (tertiary/aromatic N) is 3. The number of nitrogen functional groups attached to an aromatic ring is 1. The molecule has 1 aliphatic heterocycles. The van der Waals surface area contributed by atoms with Crippen molar-refractivity contribution in [2.24, 2.45) is 0 Å². The highest BCUT2D eigenvalue weighted by molar-refractivity contribution is 7.20. The first-order valence-electron chi connectivity index (χ1n) is 9.80. The van der Waals surface area contributed by atoms with E-state index in [4.69, 9.17) is 15.2 Å². The number of amides is 1. The Morgan fingerprint density at radius 1 is 1.19 bits per heavy atom. The first kappa shape index (κ1) is 21.4. The molecule has 1 aromatic carbocycles. The van der Waals surface area contributed by atoms with Gasteiger partial charge in [-0.05, 0) is 25.5 Å². The summed E-state index contributed by atoms with van der Waals surface area (Å²) in [5.41, 5.74) is 8.35. The quantitative estimate of drug-likeness (QED) is 0.566. The lowest BCUT2D eigenvalue weighted by Crippen LogP contribution is -2.30. The molecule has 3 aromatic rings. The highest BCUT2D eigenvalue weighted by Crippen LogP contribution is 2.33. The van der Waals surface area contributed by atoms with Crippen LogP contribution in [0.1, 0.15) is 43.9 Å². The van der Waals surface area contributed by atoms with Crippen molar-refractivity contribution in [2.45, 2.75) is 20.5 Å². The van der Waals surface area contributed by atoms with E-state index in [9.17, 15) is 14.4 Å². The summed E-state index contributed by atoms with van der Waals surface area (Å²) in [6, 6.07) is 7.02. The van der Waals surface area contributed by atoms with Gasteiger partial charge in [-0.15, -0.1) is 11.3 Å². The zero-order valence-corrected chi connectivity index (χ0v) is 18.3. The maximum atomic E-state index is 12.5. The van der Waals surface area contributed by atoms with Gasteiger partial charge in [-0.2, -0.15) is 0 Å². The first-order valence-corrected chi connectivity index (χ1v) is 10.6. The van der Waals surface area contributed by atoms with E-state index < -0.39 is 11.9 Å². The molecule has 0 spiro atoms. The van der Waals surface area contributed by atoms with Gasteiger partial charge in [-0.1, -0.05) is 24.8 Å². The van der Waals surface area contributed by atoms with Crippen LogP contribution in [0, 0.1) is 6.92 Å². The molecule has 1 amide bonds. The molecule has 0 aliphatic carbocycles. The number of aromatic nitrogens is 2. The summed E-state index contributed by atoms with van der Waals surface area (Å²) in [6.45, 7) is 7.12. The monoisotopic (exact) mass is 452 g/mol. The Morgan fingerprint density at radius 2 is 1.91 bits per heavy atom. The number of carbonyl (C=O) groups excluding carboxylic acids is 3. The summed E-state index contributed by atoms with van der Waals surface area (Å²) < 4.78 is 10.3. The zero-order valence-electron chi connectivity index (χ0n) is 17.5. The van der Waals surface area contributed by atoms with Crippen molar-refractivity contribution in [3.05, 3.63) is 58.2 Å². The SMILES string of the molecule is C=C1c2ccccc2C(=O)N1CC(=O)OCc1nc(N)c2c(C)c(C(=O)OCC)sc2n1. The molecule has 4 rings (SSSR count). The average Bonchev–Trinajstić information content (AvgIpc) is 3.23. The third-order valence-corrected chi connectivity index (χ3v) is 6.18. The second-order valence-corrected chi connectivity index (χ2v) is 8.03.